The monoisotopic (exact) mass is 238 g/mol. The van der Waals surface area contributed by atoms with E-state index in [0.717, 1.165) is 5.56 Å². The number of esters is 1. The molecular weight excluding hydrogens is 220 g/mol. The number of rotatable bonds is 5. The van der Waals surface area contributed by atoms with E-state index in [9.17, 15) is 9.90 Å². The van der Waals surface area contributed by atoms with Crippen molar-refractivity contribution in [2.24, 2.45) is 0 Å². The number of methoxy groups -OCH3 is 1. The van der Waals surface area contributed by atoms with Crippen LogP contribution in [0.2, 0.25) is 0 Å². The number of benzene rings is 1. The highest BCUT2D eigenvalue weighted by Crippen LogP contribution is 2.24. The van der Waals surface area contributed by atoms with Crippen molar-refractivity contribution in [1.82, 2.24) is 0 Å². The Labute approximate surface area is 101 Å². The first-order valence-corrected chi connectivity index (χ1v) is 5.55. The summed E-state index contributed by atoms with van der Waals surface area (Å²) in [6.45, 7) is 3.68. The number of hydrogen-bond donors (Lipinski definition) is 1. The van der Waals surface area contributed by atoms with Crippen LogP contribution >= 0.6 is 0 Å². The summed E-state index contributed by atoms with van der Waals surface area (Å²) in [5.41, 5.74) is 1.69. The largest absolute Gasteiger partial charge is 0.497 e. The second-order valence-corrected chi connectivity index (χ2v) is 3.77. The number of aliphatic hydroxyl groups is 1. The molecule has 0 aliphatic rings. The number of carbonyl (C=O) groups is 1. The summed E-state index contributed by atoms with van der Waals surface area (Å²) in [5.74, 6) is -0.394. The minimum atomic E-state index is -0.649. The normalized spacial score (nSPS) is 12.0. The quantitative estimate of drug-likeness (QED) is 0.792. The first-order valence-electron chi connectivity index (χ1n) is 5.55. The van der Waals surface area contributed by atoms with Crippen LogP contribution in [0, 0.1) is 6.92 Å². The molecule has 0 saturated heterocycles. The predicted molar refractivity (Wildman–Crippen MR) is 64.2 cm³/mol. The van der Waals surface area contributed by atoms with Crippen LogP contribution in [0.15, 0.2) is 18.2 Å². The standard InChI is InChI=1S/C13H18O4/c1-4-17-13(15)12(8-14)10-5-9(2)6-11(7-10)16-3/h5-7,12,14H,4,8H2,1-3H3. The maximum Gasteiger partial charge on any atom is 0.315 e. The Morgan fingerprint density at radius 1 is 1.41 bits per heavy atom. The van der Waals surface area contributed by atoms with Crippen LogP contribution in [0.3, 0.4) is 0 Å². The Kier molecular flexibility index (Phi) is 4.97. The second kappa shape index (κ2) is 6.25. The van der Waals surface area contributed by atoms with Gasteiger partial charge in [0.25, 0.3) is 0 Å². The van der Waals surface area contributed by atoms with Crippen LogP contribution < -0.4 is 4.74 Å². The molecule has 0 bridgehead atoms. The molecule has 94 valence electrons. The Morgan fingerprint density at radius 3 is 2.65 bits per heavy atom. The summed E-state index contributed by atoms with van der Waals surface area (Å²) in [6.07, 6.45) is 0. The molecule has 1 unspecified atom stereocenters. The predicted octanol–water partition coefficient (Wildman–Crippen LogP) is 1.64. The van der Waals surface area contributed by atoms with Crippen molar-refractivity contribution in [3.63, 3.8) is 0 Å². The fourth-order valence-corrected chi connectivity index (χ4v) is 1.65. The van der Waals surface area contributed by atoms with Crippen molar-refractivity contribution in [3.05, 3.63) is 29.3 Å². The lowest BCUT2D eigenvalue weighted by Crippen LogP contribution is -2.19. The zero-order chi connectivity index (χ0) is 12.8. The van der Waals surface area contributed by atoms with E-state index in [-0.39, 0.29) is 6.61 Å². The van der Waals surface area contributed by atoms with Crippen LogP contribution in [0.25, 0.3) is 0 Å². The Bertz CT molecular complexity index is 387. The molecule has 1 N–H and O–H groups in total. The molecule has 1 rings (SSSR count). The number of carbonyl (C=O) groups excluding carboxylic acids is 1. The minimum Gasteiger partial charge on any atom is -0.497 e. The highest BCUT2D eigenvalue weighted by molar-refractivity contribution is 5.78. The van der Waals surface area contributed by atoms with Gasteiger partial charge in [-0.05, 0) is 37.1 Å². The van der Waals surface area contributed by atoms with Crippen molar-refractivity contribution in [2.45, 2.75) is 19.8 Å². The average Bonchev–Trinajstić information content (AvgIpc) is 2.29. The second-order valence-electron chi connectivity index (χ2n) is 3.77. The van der Waals surface area contributed by atoms with E-state index in [0.29, 0.717) is 17.9 Å². The summed E-state index contributed by atoms with van der Waals surface area (Å²) in [7, 11) is 1.57. The third-order valence-electron chi connectivity index (χ3n) is 2.46. The van der Waals surface area contributed by atoms with Gasteiger partial charge in [-0.15, -0.1) is 0 Å². The first kappa shape index (κ1) is 13.5. The van der Waals surface area contributed by atoms with Crippen molar-refractivity contribution in [3.8, 4) is 5.75 Å². The van der Waals surface area contributed by atoms with Crippen molar-refractivity contribution < 1.29 is 19.4 Å². The van der Waals surface area contributed by atoms with Gasteiger partial charge in [0, 0.05) is 0 Å². The van der Waals surface area contributed by atoms with Gasteiger partial charge in [-0.2, -0.15) is 0 Å². The van der Waals surface area contributed by atoms with Crippen LogP contribution in [0.4, 0.5) is 0 Å². The molecule has 1 aromatic rings. The molecule has 0 radical (unpaired) electrons. The number of aryl methyl sites for hydroxylation is 1. The van der Waals surface area contributed by atoms with Gasteiger partial charge in [0.2, 0.25) is 0 Å². The maximum absolute atomic E-state index is 11.7. The lowest BCUT2D eigenvalue weighted by atomic mass is 9.98. The van der Waals surface area contributed by atoms with Crippen molar-refractivity contribution >= 4 is 5.97 Å². The zero-order valence-corrected chi connectivity index (χ0v) is 10.4. The van der Waals surface area contributed by atoms with Gasteiger partial charge in [-0.3, -0.25) is 4.79 Å². The molecule has 0 fully saturated rings. The molecule has 4 heteroatoms. The molecule has 0 aromatic heterocycles. The highest BCUT2D eigenvalue weighted by Gasteiger charge is 2.21. The highest BCUT2D eigenvalue weighted by atomic mass is 16.5. The Morgan fingerprint density at radius 2 is 2.12 bits per heavy atom. The molecule has 0 aliphatic heterocycles. The molecule has 1 atom stereocenters. The van der Waals surface area contributed by atoms with Crippen LogP contribution in [0.5, 0.6) is 5.75 Å². The molecule has 1 aromatic carbocycles. The van der Waals surface area contributed by atoms with Gasteiger partial charge < -0.3 is 14.6 Å². The summed E-state index contributed by atoms with van der Waals surface area (Å²) in [5, 5.41) is 9.29. The number of aliphatic hydroxyl groups excluding tert-OH is 1. The van der Waals surface area contributed by atoms with Crippen LogP contribution in [-0.2, 0) is 9.53 Å². The van der Waals surface area contributed by atoms with E-state index in [1.54, 1.807) is 20.1 Å². The summed E-state index contributed by atoms with van der Waals surface area (Å²) < 4.78 is 10.1. The van der Waals surface area contributed by atoms with E-state index in [1.165, 1.54) is 0 Å². The van der Waals surface area contributed by atoms with Crippen molar-refractivity contribution in [1.29, 1.82) is 0 Å². The lowest BCUT2D eigenvalue weighted by molar-refractivity contribution is -0.145. The summed E-state index contributed by atoms with van der Waals surface area (Å²) in [6, 6.07) is 5.45. The van der Waals surface area contributed by atoms with Gasteiger partial charge in [0.1, 0.15) is 11.7 Å². The molecule has 4 nitrogen and oxygen atoms in total. The van der Waals surface area contributed by atoms with E-state index in [2.05, 4.69) is 0 Å². The SMILES string of the molecule is CCOC(=O)C(CO)c1cc(C)cc(OC)c1. The van der Waals surface area contributed by atoms with Gasteiger partial charge in [-0.1, -0.05) is 6.07 Å². The molecule has 0 spiro atoms. The molecule has 17 heavy (non-hydrogen) atoms. The number of hydrogen-bond acceptors (Lipinski definition) is 4. The smallest absolute Gasteiger partial charge is 0.315 e. The average molecular weight is 238 g/mol. The van der Waals surface area contributed by atoms with E-state index in [1.807, 2.05) is 19.1 Å². The summed E-state index contributed by atoms with van der Waals surface area (Å²) in [4.78, 5) is 11.7. The minimum absolute atomic E-state index is 0.272. The first-order chi connectivity index (χ1) is 8.12. The van der Waals surface area contributed by atoms with E-state index < -0.39 is 11.9 Å². The van der Waals surface area contributed by atoms with E-state index in [4.69, 9.17) is 9.47 Å². The molecule has 0 amide bonds. The van der Waals surface area contributed by atoms with Gasteiger partial charge in [0.05, 0.1) is 20.3 Å². The fraction of sp³-hybridized carbons (Fsp3) is 0.462. The van der Waals surface area contributed by atoms with Gasteiger partial charge in [0.15, 0.2) is 0 Å². The van der Waals surface area contributed by atoms with Crippen LogP contribution in [-0.4, -0.2) is 31.4 Å². The topological polar surface area (TPSA) is 55.8 Å². The molecular formula is C13H18O4. The van der Waals surface area contributed by atoms with Crippen LogP contribution in [0.1, 0.15) is 24.0 Å². The zero-order valence-electron chi connectivity index (χ0n) is 10.4. The number of ether oxygens (including phenoxy) is 2. The van der Waals surface area contributed by atoms with Gasteiger partial charge in [-0.25, -0.2) is 0 Å². The molecule has 0 heterocycles. The van der Waals surface area contributed by atoms with Gasteiger partial charge >= 0.3 is 5.97 Å². The fourth-order valence-electron chi connectivity index (χ4n) is 1.65. The summed E-state index contributed by atoms with van der Waals surface area (Å²) >= 11 is 0. The Balaban J connectivity index is 3.02. The third kappa shape index (κ3) is 3.46. The lowest BCUT2D eigenvalue weighted by Gasteiger charge is -2.15. The maximum atomic E-state index is 11.7. The molecule has 0 saturated carbocycles. The Hall–Kier alpha value is -1.55. The molecule has 0 aliphatic carbocycles. The third-order valence-corrected chi connectivity index (χ3v) is 2.46. The van der Waals surface area contributed by atoms with Crippen molar-refractivity contribution in [2.75, 3.05) is 20.3 Å². The van der Waals surface area contributed by atoms with E-state index >= 15 is 0 Å².